The van der Waals surface area contributed by atoms with Crippen LogP contribution in [0.25, 0.3) is 10.8 Å². The summed E-state index contributed by atoms with van der Waals surface area (Å²) in [4.78, 5) is 23.0. The number of hydrogen-bond acceptors (Lipinski definition) is 2. The van der Waals surface area contributed by atoms with Crippen LogP contribution in [0.5, 0.6) is 0 Å². The van der Waals surface area contributed by atoms with Gasteiger partial charge < -0.3 is 10.4 Å². The number of benzene rings is 2. The van der Waals surface area contributed by atoms with E-state index in [2.05, 4.69) is 36.5 Å². The Morgan fingerprint density at radius 3 is 2.43 bits per heavy atom. The monoisotopic (exact) mass is 311 g/mol. The largest absolute Gasteiger partial charge is 0.481 e. The Morgan fingerprint density at radius 2 is 1.83 bits per heavy atom. The number of amides is 1. The van der Waals surface area contributed by atoms with Crippen LogP contribution in [0.4, 0.5) is 0 Å². The third kappa shape index (κ3) is 3.36. The first-order valence-electron chi connectivity index (χ1n) is 7.99. The summed E-state index contributed by atoms with van der Waals surface area (Å²) < 4.78 is 0. The highest BCUT2D eigenvalue weighted by molar-refractivity contribution is 5.87. The summed E-state index contributed by atoms with van der Waals surface area (Å²) in [6.45, 7) is 2.61. The van der Waals surface area contributed by atoms with Gasteiger partial charge in [-0.3, -0.25) is 9.59 Å². The van der Waals surface area contributed by atoms with Gasteiger partial charge in [0.1, 0.15) is 0 Å². The van der Waals surface area contributed by atoms with E-state index in [1.807, 2.05) is 12.1 Å². The minimum absolute atomic E-state index is 0.0963. The first-order chi connectivity index (χ1) is 11.0. The van der Waals surface area contributed by atoms with Crippen molar-refractivity contribution in [1.29, 1.82) is 0 Å². The van der Waals surface area contributed by atoms with Crippen molar-refractivity contribution in [2.75, 3.05) is 6.54 Å². The fourth-order valence-corrected chi connectivity index (χ4v) is 2.99. The maximum atomic E-state index is 11.9. The molecule has 0 heterocycles. The number of carbonyl (C=O) groups is 2. The minimum atomic E-state index is -0.849. The van der Waals surface area contributed by atoms with Gasteiger partial charge in [-0.05, 0) is 48.1 Å². The molecular weight excluding hydrogens is 290 g/mol. The van der Waals surface area contributed by atoms with Crippen molar-refractivity contribution in [2.45, 2.75) is 32.6 Å². The molecule has 0 radical (unpaired) electrons. The van der Waals surface area contributed by atoms with E-state index in [0.717, 1.165) is 6.42 Å². The highest BCUT2D eigenvalue weighted by Crippen LogP contribution is 2.48. The van der Waals surface area contributed by atoms with Gasteiger partial charge in [-0.2, -0.15) is 0 Å². The number of aryl methyl sites for hydroxylation is 1. The lowest BCUT2D eigenvalue weighted by molar-refractivity contribution is -0.145. The van der Waals surface area contributed by atoms with Crippen LogP contribution in [0.15, 0.2) is 36.4 Å². The number of carbonyl (C=O) groups excluding carboxylic acids is 1. The molecule has 120 valence electrons. The van der Waals surface area contributed by atoms with Crippen molar-refractivity contribution < 1.29 is 14.7 Å². The van der Waals surface area contributed by atoms with Crippen LogP contribution in [-0.2, 0) is 16.0 Å². The average Bonchev–Trinajstić information content (AvgIpc) is 3.28. The smallest absolute Gasteiger partial charge is 0.310 e. The number of hydrogen-bond donors (Lipinski definition) is 2. The second-order valence-corrected chi connectivity index (χ2v) is 6.49. The van der Waals surface area contributed by atoms with Gasteiger partial charge >= 0.3 is 5.97 Å². The van der Waals surface area contributed by atoms with E-state index in [0.29, 0.717) is 19.4 Å². The summed E-state index contributed by atoms with van der Waals surface area (Å²) in [7, 11) is 0. The molecule has 0 unspecified atom stereocenters. The average molecular weight is 311 g/mol. The Balaban J connectivity index is 1.57. The van der Waals surface area contributed by atoms with E-state index in [9.17, 15) is 9.59 Å². The van der Waals surface area contributed by atoms with Crippen molar-refractivity contribution in [3.05, 3.63) is 47.5 Å². The van der Waals surface area contributed by atoms with Gasteiger partial charge in [-0.15, -0.1) is 0 Å². The molecule has 2 aromatic carbocycles. The molecule has 4 nitrogen and oxygen atoms in total. The van der Waals surface area contributed by atoms with Crippen LogP contribution >= 0.6 is 0 Å². The second-order valence-electron chi connectivity index (χ2n) is 6.49. The molecule has 1 saturated carbocycles. The quantitative estimate of drug-likeness (QED) is 0.861. The topological polar surface area (TPSA) is 66.4 Å². The number of rotatable bonds is 6. The number of fused-ring (bicyclic) bond motifs is 1. The van der Waals surface area contributed by atoms with Crippen molar-refractivity contribution in [3.63, 3.8) is 0 Å². The zero-order valence-corrected chi connectivity index (χ0v) is 13.3. The third-order valence-corrected chi connectivity index (χ3v) is 4.73. The van der Waals surface area contributed by atoms with E-state index in [1.54, 1.807) is 0 Å². The zero-order chi connectivity index (χ0) is 16.4. The van der Waals surface area contributed by atoms with Gasteiger partial charge in [0.25, 0.3) is 0 Å². The first kappa shape index (κ1) is 15.5. The molecule has 1 fully saturated rings. The van der Waals surface area contributed by atoms with E-state index in [-0.39, 0.29) is 12.3 Å². The Hall–Kier alpha value is -2.36. The molecule has 1 aliphatic rings. The molecule has 3 rings (SSSR count). The summed E-state index contributed by atoms with van der Waals surface area (Å²) in [5.74, 6) is -1.01. The normalized spacial score (nSPS) is 15.3. The molecule has 0 saturated heterocycles. The fraction of sp³-hybridized carbons (Fsp3) is 0.368. The summed E-state index contributed by atoms with van der Waals surface area (Å²) in [5, 5.41) is 14.4. The van der Waals surface area contributed by atoms with Crippen molar-refractivity contribution in [2.24, 2.45) is 5.41 Å². The minimum Gasteiger partial charge on any atom is -0.481 e. The van der Waals surface area contributed by atoms with Crippen molar-refractivity contribution in [3.8, 4) is 0 Å². The molecule has 0 aromatic heterocycles. The van der Waals surface area contributed by atoms with Crippen LogP contribution in [0, 0.1) is 12.3 Å². The predicted octanol–water partition coefficient (Wildman–Crippen LogP) is 3.06. The lowest BCUT2D eigenvalue weighted by atomic mass is 9.99. The lowest BCUT2D eigenvalue weighted by Crippen LogP contribution is -2.30. The van der Waals surface area contributed by atoms with Crippen molar-refractivity contribution >= 4 is 22.6 Å². The van der Waals surface area contributed by atoms with Crippen molar-refractivity contribution in [1.82, 2.24) is 5.32 Å². The van der Waals surface area contributed by atoms with Crippen LogP contribution in [0.3, 0.4) is 0 Å². The van der Waals surface area contributed by atoms with Crippen LogP contribution in [0.2, 0.25) is 0 Å². The molecule has 0 spiro atoms. The van der Waals surface area contributed by atoms with E-state index in [1.165, 1.54) is 21.9 Å². The van der Waals surface area contributed by atoms with E-state index >= 15 is 0 Å². The van der Waals surface area contributed by atoms with Gasteiger partial charge in [-0.25, -0.2) is 0 Å². The SMILES string of the molecule is Cc1cc2ccccc2cc1CCNC(=O)CC1(C(=O)O)CC1. The van der Waals surface area contributed by atoms with E-state index < -0.39 is 11.4 Å². The van der Waals surface area contributed by atoms with Crippen LogP contribution in [-0.4, -0.2) is 23.5 Å². The molecule has 1 amide bonds. The van der Waals surface area contributed by atoms with Gasteiger partial charge in [-0.1, -0.05) is 36.4 Å². The summed E-state index contributed by atoms with van der Waals surface area (Å²) in [6.07, 6.45) is 2.07. The summed E-state index contributed by atoms with van der Waals surface area (Å²) in [5.41, 5.74) is 1.63. The zero-order valence-electron chi connectivity index (χ0n) is 13.3. The number of carboxylic acids is 1. The molecule has 0 atom stereocenters. The van der Waals surface area contributed by atoms with Crippen LogP contribution in [0.1, 0.15) is 30.4 Å². The third-order valence-electron chi connectivity index (χ3n) is 4.73. The Morgan fingerprint density at radius 1 is 1.17 bits per heavy atom. The Kier molecular flexibility index (Phi) is 4.07. The number of nitrogens with one attached hydrogen (secondary N) is 1. The van der Waals surface area contributed by atoms with E-state index in [4.69, 9.17) is 5.11 Å². The Labute approximate surface area is 135 Å². The Bertz CT molecular complexity index is 762. The molecule has 23 heavy (non-hydrogen) atoms. The fourth-order valence-electron chi connectivity index (χ4n) is 2.99. The standard InChI is InChI=1S/C19H21NO3/c1-13-10-15-4-2-3-5-16(15)11-14(13)6-9-20-17(21)12-19(7-8-19)18(22)23/h2-5,10-11H,6-9,12H2,1H3,(H,20,21)(H,22,23). The summed E-state index contributed by atoms with van der Waals surface area (Å²) in [6, 6.07) is 12.5. The molecule has 2 N–H and O–H groups in total. The molecule has 2 aromatic rings. The number of carboxylic acid groups (broad SMARTS) is 1. The molecular formula is C19H21NO3. The van der Waals surface area contributed by atoms with Gasteiger partial charge in [0, 0.05) is 13.0 Å². The molecule has 4 heteroatoms. The number of aliphatic carboxylic acids is 1. The molecule has 0 bridgehead atoms. The van der Waals surface area contributed by atoms with Gasteiger partial charge in [0.15, 0.2) is 0 Å². The predicted molar refractivity (Wildman–Crippen MR) is 89.3 cm³/mol. The lowest BCUT2D eigenvalue weighted by Gasteiger charge is -2.11. The highest BCUT2D eigenvalue weighted by Gasteiger charge is 2.51. The van der Waals surface area contributed by atoms with Gasteiger partial charge in [0.05, 0.1) is 5.41 Å². The second kappa shape index (κ2) is 6.03. The van der Waals surface area contributed by atoms with Gasteiger partial charge in [0.2, 0.25) is 5.91 Å². The first-order valence-corrected chi connectivity index (χ1v) is 7.99. The van der Waals surface area contributed by atoms with Crippen LogP contribution < -0.4 is 5.32 Å². The molecule has 0 aliphatic heterocycles. The maximum absolute atomic E-state index is 11.9. The highest BCUT2D eigenvalue weighted by atomic mass is 16.4. The summed E-state index contributed by atoms with van der Waals surface area (Å²) >= 11 is 0. The maximum Gasteiger partial charge on any atom is 0.310 e. The molecule has 1 aliphatic carbocycles.